The Hall–Kier alpha value is -8.16. The molecule has 276 valence electrons. The van der Waals surface area contributed by atoms with E-state index in [1.54, 1.807) is 0 Å². The lowest BCUT2D eigenvalue weighted by Gasteiger charge is -2.14. The topological polar surface area (TPSA) is 65.8 Å². The molecule has 0 aliphatic heterocycles. The lowest BCUT2D eigenvalue weighted by atomic mass is 10.0. The molecule has 7 nitrogen and oxygen atoms in total. The molecule has 0 radical (unpaired) electrons. The van der Waals surface area contributed by atoms with Crippen molar-refractivity contribution in [3.63, 3.8) is 0 Å². The molecule has 7 heteroatoms. The third-order valence-corrected chi connectivity index (χ3v) is 11.3. The van der Waals surface area contributed by atoms with Gasteiger partial charge in [0, 0.05) is 44.4 Å². The van der Waals surface area contributed by atoms with Gasteiger partial charge < -0.3 is 4.57 Å². The maximum absolute atomic E-state index is 5.15. The van der Waals surface area contributed by atoms with E-state index in [-0.39, 0.29) is 0 Å². The molecule has 0 atom stereocenters. The predicted octanol–water partition coefficient (Wildman–Crippen LogP) is 12.4. The van der Waals surface area contributed by atoms with Crippen LogP contribution in [0.2, 0.25) is 0 Å². The van der Waals surface area contributed by atoms with Gasteiger partial charge >= 0.3 is 0 Å². The van der Waals surface area contributed by atoms with Crippen molar-refractivity contribution >= 4 is 49.7 Å². The molecule has 12 aromatic rings. The summed E-state index contributed by atoms with van der Waals surface area (Å²) in [4.78, 5) is 20.2. The Morgan fingerprint density at radius 1 is 0.322 bits per heavy atom. The molecule has 8 aromatic carbocycles. The van der Waals surface area contributed by atoms with E-state index >= 15 is 0 Å². The van der Waals surface area contributed by atoms with Gasteiger partial charge in [-0.2, -0.15) is 0 Å². The molecule has 0 N–H and O–H groups in total. The first-order chi connectivity index (χ1) is 29.3. The molecular formula is C52H33N7. The molecule has 0 spiro atoms. The zero-order valence-electron chi connectivity index (χ0n) is 31.7. The Kier molecular flexibility index (Phi) is 7.40. The van der Waals surface area contributed by atoms with Crippen molar-refractivity contribution in [2.24, 2.45) is 0 Å². The number of para-hydroxylation sites is 5. The van der Waals surface area contributed by atoms with Crippen LogP contribution in [0.4, 0.5) is 0 Å². The van der Waals surface area contributed by atoms with Crippen molar-refractivity contribution in [3.8, 4) is 56.7 Å². The van der Waals surface area contributed by atoms with Gasteiger partial charge in [0.15, 0.2) is 17.5 Å². The smallest absolute Gasteiger partial charge is 0.220 e. The van der Waals surface area contributed by atoms with Gasteiger partial charge in [-0.15, -0.1) is 0 Å². The lowest BCUT2D eigenvalue weighted by molar-refractivity contribution is 1.07. The third-order valence-electron chi connectivity index (χ3n) is 11.3. The average molecular weight is 756 g/mol. The maximum Gasteiger partial charge on any atom is 0.220 e. The van der Waals surface area contributed by atoms with Gasteiger partial charge in [-0.05, 0) is 60.2 Å². The number of nitrogens with zero attached hydrogens (tertiary/aromatic N) is 7. The molecule has 4 heterocycles. The molecule has 4 aromatic heterocycles. The van der Waals surface area contributed by atoms with E-state index in [2.05, 4.69) is 153 Å². The van der Waals surface area contributed by atoms with Crippen LogP contribution in [0.5, 0.6) is 0 Å². The van der Waals surface area contributed by atoms with Crippen molar-refractivity contribution in [1.82, 2.24) is 33.5 Å². The molecule has 59 heavy (non-hydrogen) atoms. The predicted molar refractivity (Wildman–Crippen MR) is 239 cm³/mol. The molecule has 0 saturated carbocycles. The maximum atomic E-state index is 5.15. The molecule has 0 fully saturated rings. The van der Waals surface area contributed by atoms with Gasteiger partial charge in [0.1, 0.15) is 0 Å². The van der Waals surface area contributed by atoms with Crippen LogP contribution in [0, 0.1) is 0 Å². The largest absolute Gasteiger partial charge is 0.309 e. The number of benzene rings is 8. The fourth-order valence-corrected chi connectivity index (χ4v) is 8.64. The van der Waals surface area contributed by atoms with Gasteiger partial charge in [0.05, 0.1) is 33.1 Å². The monoisotopic (exact) mass is 755 g/mol. The van der Waals surface area contributed by atoms with E-state index < -0.39 is 0 Å². The zero-order chi connectivity index (χ0) is 38.9. The van der Waals surface area contributed by atoms with Crippen molar-refractivity contribution in [2.75, 3.05) is 0 Å². The Morgan fingerprint density at radius 2 is 0.898 bits per heavy atom. The van der Waals surface area contributed by atoms with Crippen LogP contribution in [0.1, 0.15) is 0 Å². The summed E-state index contributed by atoms with van der Waals surface area (Å²) in [6.07, 6.45) is 0. The van der Waals surface area contributed by atoms with E-state index in [1.807, 2.05) is 60.7 Å². The summed E-state index contributed by atoms with van der Waals surface area (Å²) in [5.74, 6) is 2.77. The van der Waals surface area contributed by atoms with Crippen molar-refractivity contribution in [2.45, 2.75) is 0 Å². The molecule has 0 saturated heterocycles. The molecule has 12 rings (SSSR count). The van der Waals surface area contributed by atoms with E-state index in [0.717, 1.165) is 78.1 Å². The standard InChI is InChI=1S/C52H33N7/c1-4-16-34(17-5-1)49-54-50(35-18-6-2-7-19-35)56-51(55-49)37-20-14-23-39(32-37)57-44-28-12-10-24-41(44)42-26-15-25-40(48(42)57)36-30-31-46-47(33-36)59-45-29-13-11-27-43(45)53-52(59)58(46)38-21-8-3-9-22-38/h1-33H. The van der Waals surface area contributed by atoms with Gasteiger partial charge in [-0.3, -0.25) is 8.97 Å². The SMILES string of the molecule is c1ccc(-c2nc(-c3ccccc3)nc(-c3cccc(-n4c5ccccc5c5cccc(-c6ccc7c(c6)n6c8ccccc8nc6n7-c6ccccc6)c54)c3)n2)cc1. The van der Waals surface area contributed by atoms with E-state index in [9.17, 15) is 0 Å². The first-order valence-electron chi connectivity index (χ1n) is 19.7. The minimum atomic E-state index is 0.616. The Balaban J connectivity index is 1.08. The Morgan fingerprint density at radius 3 is 1.64 bits per heavy atom. The highest BCUT2D eigenvalue weighted by Crippen LogP contribution is 2.40. The number of aromatic nitrogens is 7. The summed E-state index contributed by atoms with van der Waals surface area (Å²) in [6.45, 7) is 0. The summed E-state index contributed by atoms with van der Waals surface area (Å²) in [7, 11) is 0. The van der Waals surface area contributed by atoms with Crippen LogP contribution in [-0.2, 0) is 0 Å². The molecule has 0 unspecified atom stereocenters. The minimum absolute atomic E-state index is 0.616. The van der Waals surface area contributed by atoms with Crippen LogP contribution in [-0.4, -0.2) is 33.5 Å². The molecule has 0 bridgehead atoms. The summed E-state index contributed by atoms with van der Waals surface area (Å²) in [5.41, 5.74) is 13.6. The number of imidazole rings is 2. The quantitative estimate of drug-likeness (QED) is 0.169. The summed E-state index contributed by atoms with van der Waals surface area (Å²) < 4.78 is 6.95. The van der Waals surface area contributed by atoms with Crippen molar-refractivity contribution in [1.29, 1.82) is 0 Å². The lowest BCUT2D eigenvalue weighted by Crippen LogP contribution is -2.01. The highest BCUT2D eigenvalue weighted by Gasteiger charge is 2.21. The number of fused-ring (bicyclic) bond motifs is 8. The van der Waals surface area contributed by atoms with Crippen LogP contribution in [0.3, 0.4) is 0 Å². The third kappa shape index (κ3) is 5.29. The number of hydrogen-bond donors (Lipinski definition) is 0. The first-order valence-corrected chi connectivity index (χ1v) is 19.7. The normalized spacial score (nSPS) is 11.7. The van der Waals surface area contributed by atoms with Gasteiger partial charge in [0.25, 0.3) is 0 Å². The van der Waals surface area contributed by atoms with E-state index in [4.69, 9.17) is 19.9 Å². The molecular weight excluding hydrogens is 723 g/mol. The van der Waals surface area contributed by atoms with Gasteiger partial charge in [0.2, 0.25) is 5.78 Å². The van der Waals surface area contributed by atoms with Crippen LogP contribution in [0.15, 0.2) is 200 Å². The second-order valence-electron chi connectivity index (χ2n) is 14.8. The molecule has 0 aliphatic carbocycles. The zero-order valence-corrected chi connectivity index (χ0v) is 31.7. The number of rotatable bonds is 6. The van der Waals surface area contributed by atoms with Crippen molar-refractivity contribution in [3.05, 3.63) is 200 Å². The van der Waals surface area contributed by atoms with Crippen molar-refractivity contribution < 1.29 is 0 Å². The van der Waals surface area contributed by atoms with Crippen LogP contribution in [0.25, 0.3) is 106 Å². The molecule has 0 aliphatic rings. The van der Waals surface area contributed by atoms with E-state index in [1.165, 1.54) is 10.8 Å². The fraction of sp³-hybridized carbons (Fsp3) is 0. The minimum Gasteiger partial charge on any atom is -0.309 e. The second-order valence-corrected chi connectivity index (χ2v) is 14.8. The molecule has 0 amide bonds. The van der Waals surface area contributed by atoms with Gasteiger partial charge in [-0.1, -0.05) is 146 Å². The summed E-state index contributed by atoms with van der Waals surface area (Å²) >= 11 is 0. The summed E-state index contributed by atoms with van der Waals surface area (Å²) in [5, 5.41) is 2.37. The van der Waals surface area contributed by atoms with E-state index in [0.29, 0.717) is 17.5 Å². The van der Waals surface area contributed by atoms with Crippen LogP contribution >= 0.6 is 0 Å². The van der Waals surface area contributed by atoms with Gasteiger partial charge in [-0.25, -0.2) is 19.9 Å². The average Bonchev–Trinajstić information content (AvgIpc) is 3.96. The first kappa shape index (κ1) is 33.0. The number of hydrogen-bond acceptors (Lipinski definition) is 4. The summed E-state index contributed by atoms with van der Waals surface area (Å²) in [6, 6.07) is 69.8. The van der Waals surface area contributed by atoms with Crippen LogP contribution < -0.4 is 0 Å². The highest BCUT2D eigenvalue weighted by molar-refractivity contribution is 6.14. The Labute approximate surface area is 338 Å². The highest BCUT2D eigenvalue weighted by atomic mass is 15.2. The Bertz CT molecular complexity index is 3490. The fourth-order valence-electron chi connectivity index (χ4n) is 8.64. The second kappa shape index (κ2) is 13.2.